The van der Waals surface area contributed by atoms with E-state index < -0.39 is 12.1 Å². The van der Waals surface area contributed by atoms with Gasteiger partial charge in [-0.25, -0.2) is 0 Å². The van der Waals surface area contributed by atoms with Crippen LogP contribution in [0.25, 0.3) is 0 Å². The Hall–Kier alpha value is -1.84. The van der Waals surface area contributed by atoms with Crippen molar-refractivity contribution in [2.45, 2.75) is 45.7 Å². The lowest BCUT2D eigenvalue weighted by Crippen LogP contribution is -2.64. The van der Waals surface area contributed by atoms with E-state index in [4.69, 9.17) is 0 Å². The number of carbonyl (C=O) groups excluding carboxylic acids is 2. The van der Waals surface area contributed by atoms with E-state index in [1.807, 2.05) is 52.0 Å². The van der Waals surface area contributed by atoms with Gasteiger partial charge in [0.15, 0.2) is 0 Å². The summed E-state index contributed by atoms with van der Waals surface area (Å²) in [6.07, 6.45) is 0. The van der Waals surface area contributed by atoms with Gasteiger partial charge in [0.2, 0.25) is 11.8 Å². The van der Waals surface area contributed by atoms with Gasteiger partial charge in [-0.05, 0) is 24.0 Å². The van der Waals surface area contributed by atoms with Gasteiger partial charge in [-0.15, -0.1) is 0 Å². The summed E-state index contributed by atoms with van der Waals surface area (Å²) in [6.45, 7) is 7.85. The Morgan fingerprint density at radius 3 is 2.10 bits per heavy atom. The summed E-state index contributed by atoms with van der Waals surface area (Å²) in [5, 5.41) is 5.71. The van der Waals surface area contributed by atoms with E-state index in [0.29, 0.717) is 0 Å². The fourth-order valence-electron chi connectivity index (χ4n) is 2.72. The number of nitrogens with one attached hydrogen (secondary N) is 2. The molecule has 1 fully saturated rings. The van der Waals surface area contributed by atoms with Crippen molar-refractivity contribution in [1.82, 2.24) is 10.6 Å². The minimum Gasteiger partial charge on any atom is -0.342 e. The molecule has 1 aliphatic rings. The Bertz CT molecular complexity index is 525. The molecule has 0 bridgehead atoms. The van der Waals surface area contributed by atoms with E-state index in [1.54, 1.807) is 0 Å². The minimum atomic E-state index is -0.501. The van der Waals surface area contributed by atoms with Crippen molar-refractivity contribution < 1.29 is 9.59 Å². The van der Waals surface area contributed by atoms with Crippen molar-refractivity contribution in [3.8, 4) is 0 Å². The number of rotatable bonds is 3. The SMILES string of the molecule is Cc1ccccc1[C@H](C)[C@H]1NC(=O)[C@H](C(C)C)NC1=O. The molecule has 4 heteroatoms. The van der Waals surface area contributed by atoms with Crippen LogP contribution in [-0.2, 0) is 9.59 Å². The molecule has 1 heterocycles. The Kier molecular flexibility index (Phi) is 4.12. The molecular formula is C16H22N2O2. The molecule has 1 aromatic rings. The standard InChI is InChI=1S/C16H22N2O2/c1-9(2)13-15(19)18-14(16(20)17-13)11(4)12-8-6-5-7-10(12)3/h5-9,11,13-14H,1-4H3,(H,17,20)(H,18,19)/t11-,13-,14+/m0/s1. The van der Waals surface area contributed by atoms with Crippen molar-refractivity contribution in [3.05, 3.63) is 35.4 Å². The van der Waals surface area contributed by atoms with E-state index in [0.717, 1.165) is 11.1 Å². The highest BCUT2D eigenvalue weighted by molar-refractivity contribution is 5.97. The number of hydrogen-bond donors (Lipinski definition) is 2. The molecule has 0 radical (unpaired) electrons. The number of aryl methyl sites for hydroxylation is 1. The summed E-state index contributed by atoms with van der Waals surface area (Å²) < 4.78 is 0. The molecular weight excluding hydrogens is 252 g/mol. The van der Waals surface area contributed by atoms with Crippen LogP contribution in [0.2, 0.25) is 0 Å². The molecule has 2 amide bonds. The van der Waals surface area contributed by atoms with E-state index in [2.05, 4.69) is 10.6 Å². The molecule has 108 valence electrons. The molecule has 0 spiro atoms. The summed E-state index contributed by atoms with van der Waals surface area (Å²) in [5.41, 5.74) is 2.23. The molecule has 1 aliphatic heterocycles. The lowest BCUT2D eigenvalue weighted by atomic mass is 9.87. The van der Waals surface area contributed by atoms with Gasteiger partial charge < -0.3 is 10.6 Å². The van der Waals surface area contributed by atoms with Crippen molar-refractivity contribution >= 4 is 11.8 Å². The highest BCUT2D eigenvalue weighted by Gasteiger charge is 2.38. The number of benzene rings is 1. The Morgan fingerprint density at radius 2 is 1.50 bits per heavy atom. The first-order valence-electron chi connectivity index (χ1n) is 7.08. The molecule has 20 heavy (non-hydrogen) atoms. The van der Waals surface area contributed by atoms with Crippen LogP contribution in [-0.4, -0.2) is 23.9 Å². The Morgan fingerprint density at radius 1 is 0.950 bits per heavy atom. The molecule has 0 saturated carbocycles. The second kappa shape index (κ2) is 5.65. The summed E-state index contributed by atoms with van der Waals surface area (Å²) in [5.74, 6) is -0.147. The first kappa shape index (κ1) is 14.6. The fourth-order valence-corrected chi connectivity index (χ4v) is 2.72. The zero-order valence-electron chi connectivity index (χ0n) is 12.4. The number of hydrogen-bond acceptors (Lipinski definition) is 2. The van der Waals surface area contributed by atoms with Crippen LogP contribution in [0.15, 0.2) is 24.3 Å². The first-order chi connectivity index (χ1) is 9.41. The third kappa shape index (κ3) is 2.69. The Balaban J connectivity index is 2.20. The van der Waals surface area contributed by atoms with Gasteiger partial charge >= 0.3 is 0 Å². The maximum absolute atomic E-state index is 12.3. The highest BCUT2D eigenvalue weighted by atomic mass is 16.2. The second-order valence-electron chi connectivity index (χ2n) is 5.86. The van der Waals surface area contributed by atoms with Crippen molar-refractivity contribution in [1.29, 1.82) is 0 Å². The smallest absolute Gasteiger partial charge is 0.243 e. The largest absolute Gasteiger partial charge is 0.342 e. The average Bonchev–Trinajstić information content (AvgIpc) is 2.40. The van der Waals surface area contributed by atoms with Gasteiger partial charge in [0.1, 0.15) is 12.1 Å². The van der Waals surface area contributed by atoms with E-state index in [1.165, 1.54) is 0 Å². The van der Waals surface area contributed by atoms with Gasteiger partial charge in [-0.3, -0.25) is 9.59 Å². The number of amides is 2. The lowest BCUT2D eigenvalue weighted by molar-refractivity contribution is -0.138. The zero-order valence-corrected chi connectivity index (χ0v) is 12.4. The van der Waals surface area contributed by atoms with Crippen LogP contribution >= 0.6 is 0 Å². The molecule has 1 aromatic carbocycles. The third-order valence-corrected chi connectivity index (χ3v) is 4.01. The summed E-state index contributed by atoms with van der Waals surface area (Å²) in [4.78, 5) is 24.3. The van der Waals surface area contributed by atoms with Gasteiger partial charge in [0.05, 0.1) is 0 Å². The van der Waals surface area contributed by atoms with Gasteiger partial charge in [0, 0.05) is 5.92 Å². The minimum absolute atomic E-state index is 0.0479. The van der Waals surface area contributed by atoms with Crippen molar-refractivity contribution in [3.63, 3.8) is 0 Å². The van der Waals surface area contributed by atoms with Crippen LogP contribution < -0.4 is 10.6 Å². The van der Waals surface area contributed by atoms with Gasteiger partial charge in [0.25, 0.3) is 0 Å². The van der Waals surface area contributed by atoms with E-state index >= 15 is 0 Å². The molecule has 3 atom stereocenters. The molecule has 0 aliphatic carbocycles. The molecule has 2 N–H and O–H groups in total. The first-order valence-corrected chi connectivity index (χ1v) is 7.08. The predicted molar refractivity (Wildman–Crippen MR) is 78.3 cm³/mol. The Labute approximate surface area is 119 Å². The molecule has 0 unspecified atom stereocenters. The second-order valence-corrected chi connectivity index (χ2v) is 5.86. The maximum atomic E-state index is 12.3. The summed E-state index contributed by atoms with van der Waals surface area (Å²) in [6, 6.07) is 7.03. The number of carbonyl (C=O) groups is 2. The summed E-state index contributed by atoms with van der Waals surface area (Å²) >= 11 is 0. The van der Waals surface area contributed by atoms with Gasteiger partial charge in [-0.2, -0.15) is 0 Å². The van der Waals surface area contributed by atoms with E-state index in [9.17, 15) is 9.59 Å². The molecule has 0 aromatic heterocycles. The van der Waals surface area contributed by atoms with Crippen LogP contribution in [0.5, 0.6) is 0 Å². The highest BCUT2D eigenvalue weighted by Crippen LogP contribution is 2.24. The van der Waals surface area contributed by atoms with Crippen LogP contribution in [0, 0.1) is 12.8 Å². The lowest BCUT2D eigenvalue weighted by Gasteiger charge is -2.34. The average molecular weight is 274 g/mol. The van der Waals surface area contributed by atoms with Crippen LogP contribution in [0.4, 0.5) is 0 Å². The fraction of sp³-hybridized carbons (Fsp3) is 0.500. The van der Waals surface area contributed by atoms with Crippen LogP contribution in [0.1, 0.15) is 37.8 Å². The van der Waals surface area contributed by atoms with E-state index in [-0.39, 0.29) is 23.7 Å². The molecule has 1 saturated heterocycles. The monoisotopic (exact) mass is 274 g/mol. The van der Waals surface area contributed by atoms with Crippen molar-refractivity contribution in [2.75, 3.05) is 0 Å². The predicted octanol–water partition coefficient (Wildman–Crippen LogP) is 1.74. The summed E-state index contributed by atoms with van der Waals surface area (Å²) in [7, 11) is 0. The maximum Gasteiger partial charge on any atom is 0.243 e. The third-order valence-electron chi connectivity index (χ3n) is 4.01. The number of piperazine rings is 1. The molecule has 2 rings (SSSR count). The normalized spacial score (nSPS) is 24.2. The topological polar surface area (TPSA) is 58.2 Å². The molecule has 4 nitrogen and oxygen atoms in total. The quantitative estimate of drug-likeness (QED) is 0.882. The van der Waals surface area contributed by atoms with Gasteiger partial charge in [-0.1, -0.05) is 45.0 Å². The van der Waals surface area contributed by atoms with Crippen LogP contribution in [0.3, 0.4) is 0 Å². The van der Waals surface area contributed by atoms with Crippen molar-refractivity contribution in [2.24, 2.45) is 5.92 Å². The zero-order chi connectivity index (χ0) is 14.9.